The quantitative estimate of drug-likeness (QED) is 0.221. The standard InChI is InChI=1S/C13H15BFNO2.C13H9FN4O2.C6H6BrN3O2/c1-12(2)13(3,4)18-14(17-12)11-7-10(15)6-5-9(11)8-16;1-20-13(19)11-12(16)17-6-10(18-11)9-4-8(14)3-2-7(9)5-15;1-12-6(11)4-5(8)9-2-3(7)10-4/h5-7H,1-4H3;2-4,6H,1H3,(H2,16,17);2H,1H3,(H2,8,9). The van der Waals surface area contributed by atoms with E-state index in [4.69, 9.17) is 31.3 Å². The molecule has 3 heterocycles. The highest BCUT2D eigenvalue weighted by Crippen LogP contribution is 2.36. The van der Waals surface area contributed by atoms with Gasteiger partial charge in [-0.05, 0) is 80.0 Å². The van der Waals surface area contributed by atoms with E-state index >= 15 is 0 Å². The Bertz CT molecular complexity index is 1990. The number of hydrogen-bond donors (Lipinski definition) is 2. The van der Waals surface area contributed by atoms with Crippen molar-refractivity contribution in [2.24, 2.45) is 0 Å². The Morgan fingerprint density at radius 1 is 0.820 bits per heavy atom. The predicted octanol–water partition coefficient (Wildman–Crippen LogP) is 4.13. The van der Waals surface area contributed by atoms with Crippen LogP contribution in [-0.2, 0) is 18.8 Å². The van der Waals surface area contributed by atoms with Gasteiger partial charge >= 0.3 is 19.1 Å². The first-order valence-corrected chi connectivity index (χ1v) is 15.1. The van der Waals surface area contributed by atoms with Gasteiger partial charge in [0.05, 0.1) is 66.8 Å². The molecule has 4 aromatic rings. The zero-order chi connectivity index (χ0) is 37.4. The first-order valence-electron chi connectivity index (χ1n) is 14.3. The van der Waals surface area contributed by atoms with Crippen molar-refractivity contribution >= 4 is 52.1 Å². The molecular formula is C32H30BBrF2N8O6. The number of esters is 2. The summed E-state index contributed by atoms with van der Waals surface area (Å²) < 4.78 is 47.6. The summed E-state index contributed by atoms with van der Waals surface area (Å²) in [7, 11) is 1.73. The van der Waals surface area contributed by atoms with Gasteiger partial charge in [-0.25, -0.2) is 38.3 Å². The number of hydrogen-bond acceptors (Lipinski definition) is 14. The minimum atomic E-state index is -0.758. The van der Waals surface area contributed by atoms with E-state index in [2.05, 4.69) is 45.3 Å². The van der Waals surface area contributed by atoms with Gasteiger partial charge in [0.2, 0.25) is 0 Å². The minimum Gasteiger partial charge on any atom is -0.464 e. The van der Waals surface area contributed by atoms with Crippen molar-refractivity contribution < 1.29 is 37.2 Å². The van der Waals surface area contributed by atoms with Gasteiger partial charge < -0.3 is 30.2 Å². The van der Waals surface area contributed by atoms with Crippen LogP contribution in [-0.4, -0.2) is 64.4 Å². The van der Waals surface area contributed by atoms with E-state index in [1.165, 1.54) is 50.9 Å². The molecule has 0 bridgehead atoms. The second kappa shape index (κ2) is 16.2. The zero-order valence-electron chi connectivity index (χ0n) is 27.6. The Labute approximate surface area is 294 Å². The summed E-state index contributed by atoms with van der Waals surface area (Å²) in [5.74, 6) is -2.33. The summed E-state index contributed by atoms with van der Waals surface area (Å²) in [6.07, 6.45) is 2.67. The lowest BCUT2D eigenvalue weighted by Gasteiger charge is -2.32. The van der Waals surface area contributed by atoms with E-state index in [0.29, 0.717) is 15.6 Å². The highest BCUT2D eigenvalue weighted by molar-refractivity contribution is 9.10. The molecule has 0 unspecified atom stereocenters. The maximum Gasteiger partial charge on any atom is 0.496 e. The van der Waals surface area contributed by atoms with Gasteiger partial charge in [-0.1, -0.05) is 0 Å². The van der Waals surface area contributed by atoms with Crippen LogP contribution < -0.4 is 16.9 Å². The average Bonchev–Trinajstić information content (AvgIpc) is 3.31. The lowest BCUT2D eigenvalue weighted by molar-refractivity contribution is 0.00578. The van der Waals surface area contributed by atoms with Gasteiger partial charge in [0.15, 0.2) is 23.0 Å². The number of carbonyl (C=O) groups is 2. The molecule has 0 amide bonds. The third kappa shape index (κ3) is 9.11. The Balaban J connectivity index is 0.000000209. The lowest BCUT2D eigenvalue weighted by Crippen LogP contribution is -2.41. The maximum absolute atomic E-state index is 13.3. The van der Waals surface area contributed by atoms with E-state index in [1.807, 2.05) is 39.8 Å². The summed E-state index contributed by atoms with van der Waals surface area (Å²) in [5, 5.41) is 18.1. The fourth-order valence-electron chi connectivity index (χ4n) is 4.03. The number of aromatic nitrogens is 4. The van der Waals surface area contributed by atoms with Crippen molar-refractivity contribution in [3.8, 4) is 23.4 Å². The van der Waals surface area contributed by atoms with Crippen molar-refractivity contribution in [1.82, 2.24) is 19.9 Å². The van der Waals surface area contributed by atoms with Crippen LogP contribution in [0.25, 0.3) is 11.3 Å². The van der Waals surface area contributed by atoms with Crippen molar-refractivity contribution in [2.75, 3.05) is 25.7 Å². The predicted molar refractivity (Wildman–Crippen MR) is 180 cm³/mol. The monoisotopic (exact) mass is 750 g/mol. The Kier molecular flexibility index (Phi) is 12.6. The molecule has 1 saturated heterocycles. The van der Waals surface area contributed by atoms with E-state index in [9.17, 15) is 18.4 Å². The van der Waals surface area contributed by atoms with Crippen LogP contribution >= 0.6 is 15.9 Å². The van der Waals surface area contributed by atoms with Crippen LogP contribution in [0.5, 0.6) is 0 Å². The fourth-order valence-corrected chi connectivity index (χ4v) is 4.30. The Hall–Kier alpha value is -5.56. The molecule has 0 aliphatic carbocycles. The van der Waals surface area contributed by atoms with Gasteiger partial charge in [0.25, 0.3) is 0 Å². The van der Waals surface area contributed by atoms with Crippen LogP contribution in [0.4, 0.5) is 20.4 Å². The van der Waals surface area contributed by atoms with E-state index in [-0.39, 0.29) is 39.8 Å². The number of anilines is 2. The van der Waals surface area contributed by atoms with Crippen LogP contribution in [0.15, 0.2) is 53.4 Å². The number of rotatable bonds is 4. The van der Waals surface area contributed by atoms with Crippen LogP contribution in [0.3, 0.4) is 0 Å². The van der Waals surface area contributed by atoms with Gasteiger partial charge in [0.1, 0.15) is 16.2 Å². The largest absolute Gasteiger partial charge is 0.496 e. The zero-order valence-corrected chi connectivity index (χ0v) is 29.2. The van der Waals surface area contributed by atoms with Crippen molar-refractivity contribution in [3.05, 3.63) is 87.5 Å². The Morgan fingerprint density at radius 3 is 1.82 bits per heavy atom. The number of benzene rings is 2. The maximum atomic E-state index is 13.3. The number of nitrogen functional groups attached to an aromatic ring is 2. The highest BCUT2D eigenvalue weighted by atomic mass is 79.9. The smallest absolute Gasteiger partial charge is 0.464 e. The number of nitriles is 2. The van der Waals surface area contributed by atoms with Gasteiger partial charge in [-0.2, -0.15) is 10.5 Å². The summed E-state index contributed by atoms with van der Waals surface area (Å²) in [4.78, 5) is 37.8. The molecule has 50 heavy (non-hydrogen) atoms. The van der Waals surface area contributed by atoms with Gasteiger partial charge in [-0.3, -0.25) is 0 Å². The lowest BCUT2D eigenvalue weighted by atomic mass is 9.76. The van der Waals surface area contributed by atoms with Crippen LogP contribution in [0.1, 0.15) is 59.8 Å². The molecule has 2 aromatic heterocycles. The van der Waals surface area contributed by atoms with E-state index in [1.54, 1.807) is 0 Å². The number of halogens is 3. The molecule has 4 N–H and O–H groups in total. The first kappa shape index (κ1) is 38.9. The number of carbonyl (C=O) groups excluding carboxylic acids is 2. The molecule has 258 valence electrons. The fraction of sp³-hybridized carbons (Fsp3) is 0.250. The number of methoxy groups -OCH3 is 2. The van der Waals surface area contributed by atoms with Crippen molar-refractivity contribution in [2.45, 2.75) is 38.9 Å². The molecule has 1 fully saturated rings. The molecular weight excluding hydrogens is 721 g/mol. The van der Waals surface area contributed by atoms with Crippen LogP contribution in [0.2, 0.25) is 0 Å². The summed E-state index contributed by atoms with van der Waals surface area (Å²) in [6, 6.07) is 11.6. The minimum absolute atomic E-state index is 0.0203. The number of ether oxygens (including phenoxy) is 2. The molecule has 0 saturated carbocycles. The summed E-state index contributed by atoms with van der Waals surface area (Å²) >= 11 is 3.06. The Morgan fingerprint density at radius 2 is 1.30 bits per heavy atom. The molecule has 0 spiro atoms. The molecule has 1 aliphatic rings. The normalized spacial score (nSPS) is 13.7. The molecule has 18 heteroatoms. The second-order valence-corrected chi connectivity index (χ2v) is 11.9. The molecule has 0 radical (unpaired) electrons. The second-order valence-electron chi connectivity index (χ2n) is 11.1. The van der Waals surface area contributed by atoms with Crippen molar-refractivity contribution in [1.29, 1.82) is 10.5 Å². The molecule has 2 aromatic carbocycles. The third-order valence-electron chi connectivity index (χ3n) is 7.35. The first-order chi connectivity index (χ1) is 23.5. The SMILES string of the molecule is CC1(C)OB(c2cc(F)ccc2C#N)OC1(C)C.COC(=O)c1nc(-c2cc(F)ccc2C#N)cnc1N.COC(=O)c1nc(Br)cnc1N. The van der Waals surface area contributed by atoms with E-state index in [0.717, 1.165) is 12.1 Å². The molecule has 5 rings (SSSR count). The number of nitrogens with two attached hydrogens (primary N) is 2. The summed E-state index contributed by atoms with van der Waals surface area (Å²) in [6.45, 7) is 7.66. The van der Waals surface area contributed by atoms with Crippen molar-refractivity contribution in [3.63, 3.8) is 0 Å². The van der Waals surface area contributed by atoms with Gasteiger partial charge in [0, 0.05) is 11.0 Å². The van der Waals surface area contributed by atoms with Gasteiger partial charge in [-0.15, -0.1) is 0 Å². The molecule has 0 atom stereocenters. The van der Waals surface area contributed by atoms with Crippen LogP contribution in [0, 0.1) is 34.3 Å². The molecule has 14 nitrogen and oxygen atoms in total. The number of nitrogens with zero attached hydrogens (tertiary/aromatic N) is 6. The average molecular weight is 751 g/mol. The third-order valence-corrected chi connectivity index (χ3v) is 7.73. The molecule has 1 aliphatic heterocycles. The topological polar surface area (TPSA) is 222 Å². The van der Waals surface area contributed by atoms with E-state index < -0.39 is 41.9 Å². The highest BCUT2D eigenvalue weighted by Gasteiger charge is 2.52. The summed E-state index contributed by atoms with van der Waals surface area (Å²) in [5.41, 5.74) is 11.1.